The molecule has 5 nitrogen and oxygen atoms in total. The van der Waals surface area contributed by atoms with Crippen molar-refractivity contribution >= 4 is 23.4 Å². The van der Waals surface area contributed by atoms with Crippen molar-refractivity contribution in [3.8, 4) is 5.75 Å². The number of unbranched alkanes of at least 4 members (excludes halogenated alkanes) is 1. The molecule has 2 amide bonds. The third-order valence-corrected chi connectivity index (χ3v) is 6.02. The molecule has 0 unspecified atom stereocenters. The number of rotatable bonds is 11. The van der Waals surface area contributed by atoms with E-state index in [4.69, 9.17) is 16.3 Å². The molecular weight excluding hydrogens is 424 g/mol. The van der Waals surface area contributed by atoms with Crippen LogP contribution in [0, 0.1) is 20.8 Å². The van der Waals surface area contributed by atoms with Gasteiger partial charge in [0.2, 0.25) is 5.91 Å². The number of amides is 2. The van der Waals surface area contributed by atoms with Crippen LogP contribution in [0.1, 0.15) is 55.4 Å². The van der Waals surface area contributed by atoms with Gasteiger partial charge in [0.05, 0.1) is 0 Å². The zero-order valence-corrected chi connectivity index (χ0v) is 20.6. The largest absolute Gasteiger partial charge is 0.484 e. The fourth-order valence-corrected chi connectivity index (χ4v) is 3.76. The fraction of sp³-hybridized carbons (Fsp3) is 0.462. The van der Waals surface area contributed by atoms with Crippen LogP contribution in [-0.2, 0) is 16.1 Å². The van der Waals surface area contributed by atoms with E-state index < -0.39 is 6.04 Å². The minimum atomic E-state index is -0.558. The van der Waals surface area contributed by atoms with Crippen molar-refractivity contribution in [2.24, 2.45) is 0 Å². The summed E-state index contributed by atoms with van der Waals surface area (Å²) in [6, 6.07) is 11.1. The first kappa shape index (κ1) is 25.7. The van der Waals surface area contributed by atoms with Crippen LogP contribution in [0.4, 0.5) is 0 Å². The molecule has 2 rings (SSSR count). The highest BCUT2D eigenvalue weighted by atomic mass is 35.5. The van der Waals surface area contributed by atoms with E-state index in [-0.39, 0.29) is 18.4 Å². The highest BCUT2D eigenvalue weighted by Crippen LogP contribution is 2.26. The molecule has 0 fully saturated rings. The lowest BCUT2D eigenvalue weighted by molar-refractivity contribution is -0.143. The number of hydrogen-bond donors (Lipinski definition) is 1. The van der Waals surface area contributed by atoms with E-state index in [1.54, 1.807) is 4.90 Å². The van der Waals surface area contributed by atoms with Gasteiger partial charge in [-0.1, -0.05) is 61.7 Å². The molecule has 0 saturated heterocycles. The van der Waals surface area contributed by atoms with Gasteiger partial charge in [0.15, 0.2) is 6.61 Å². The van der Waals surface area contributed by atoms with Gasteiger partial charge >= 0.3 is 0 Å². The highest BCUT2D eigenvalue weighted by molar-refractivity contribution is 6.32. The number of aryl methyl sites for hydroxylation is 3. The first-order valence-corrected chi connectivity index (χ1v) is 11.7. The Morgan fingerprint density at radius 1 is 1.09 bits per heavy atom. The van der Waals surface area contributed by atoms with Crippen LogP contribution < -0.4 is 10.1 Å². The van der Waals surface area contributed by atoms with Gasteiger partial charge in [-0.05, 0) is 62.4 Å². The molecule has 1 N–H and O–H groups in total. The predicted octanol–water partition coefficient (Wildman–Crippen LogP) is 5.37. The summed E-state index contributed by atoms with van der Waals surface area (Å²) < 4.78 is 5.82. The van der Waals surface area contributed by atoms with Crippen molar-refractivity contribution in [1.29, 1.82) is 0 Å². The molecule has 174 valence electrons. The number of carbonyl (C=O) groups excluding carboxylic acids is 2. The van der Waals surface area contributed by atoms with Gasteiger partial charge in [-0.15, -0.1) is 0 Å². The maximum atomic E-state index is 13.3. The molecule has 2 aromatic carbocycles. The molecule has 6 heteroatoms. The molecule has 0 bridgehead atoms. The van der Waals surface area contributed by atoms with Gasteiger partial charge < -0.3 is 15.0 Å². The van der Waals surface area contributed by atoms with E-state index in [1.807, 2.05) is 64.1 Å². The van der Waals surface area contributed by atoms with Gasteiger partial charge in [-0.2, -0.15) is 0 Å². The van der Waals surface area contributed by atoms with Crippen molar-refractivity contribution in [2.75, 3.05) is 13.2 Å². The highest BCUT2D eigenvalue weighted by Gasteiger charge is 2.28. The minimum absolute atomic E-state index is 0.125. The topological polar surface area (TPSA) is 58.6 Å². The Hall–Kier alpha value is -2.53. The van der Waals surface area contributed by atoms with E-state index in [9.17, 15) is 9.59 Å². The van der Waals surface area contributed by atoms with Crippen LogP contribution in [0.25, 0.3) is 0 Å². The van der Waals surface area contributed by atoms with Crippen LogP contribution in [0.5, 0.6) is 5.75 Å². The van der Waals surface area contributed by atoms with Crippen LogP contribution >= 0.6 is 11.6 Å². The first-order valence-electron chi connectivity index (χ1n) is 11.3. The maximum Gasteiger partial charge on any atom is 0.261 e. The molecular formula is C26H35ClN2O3. The minimum Gasteiger partial charge on any atom is -0.484 e. The molecule has 0 aromatic heterocycles. The molecule has 32 heavy (non-hydrogen) atoms. The monoisotopic (exact) mass is 458 g/mol. The van der Waals surface area contributed by atoms with E-state index >= 15 is 0 Å². The lowest BCUT2D eigenvalue weighted by Gasteiger charge is -2.30. The Labute approximate surface area is 197 Å². The van der Waals surface area contributed by atoms with Gasteiger partial charge in [-0.3, -0.25) is 9.59 Å². The number of nitrogens with zero attached hydrogens (tertiary/aromatic N) is 1. The van der Waals surface area contributed by atoms with E-state index in [0.29, 0.717) is 30.3 Å². The van der Waals surface area contributed by atoms with Crippen LogP contribution in [-0.4, -0.2) is 35.9 Å². The van der Waals surface area contributed by atoms with Gasteiger partial charge in [0.25, 0.3) is 5.91 Å². The smallest absolute Gasteiger partial charge is 0.261 e. The summed E-state index contributed by atoms with van der Waals surface area (Å²) in [5.74, 6) is 0.239. The second kappa shape index (κ2) is 12.5. The number of nitrogens with one attached hydrogen (secondary N) is 1. The Kier molecular flexibility index (Phi) is 10.0. The number of hydrogen-bond acceptors (Lipinski definition) is 3. The number of carbonyl (C=O) groups is 2. The van der Waals surface area contributed by atoms with Crippen molar-refractivity contribution in [3.63, 3.8) is 0 Å². The van der Waals surface area contributed by atoms with Gasteiger partial charge in [-0.25, -0.2) is 0 Å². The summed E-state index contributed by atoms with van der Waals surface area (Å²) >= 11 is 6.24. The Morgan fingerprint density at radius 2 is 1.78 bits per heavy atom. The normalized spacial score (nSPS) is 11.7. The molecule has 0 spiro atoms. The summed E-state index contributed by atoms with van der Waals surface area (Å²) in [6.45, 7) is 10.6. The van der Waals surface area contributed by atoms with Crippen LogP contribution in [0.3, 0.4) is 0 Å². The third-order valence-electron chi connectivity index (χ3n) is 5.42. The summed E-state index contributed by atoms with van der Waals surface area (Å²) in [5, 5.41) is 3.67. The first-order chi connectivity index (χ1) is 15.3. The molecule has 0 aliphatic carbocycles. The van der Waals surface area contributed by atoms with Crippen molar-refractivity contribution in [3.05, 3.63) is 63.7 Å². The predicted molar refractivity (Wildman–Crippen MR) is 130 cm³/mol. The molecule has 0 aliphatic rings. The molecule has 0 radical (unpaired) electrons. The Bertz CT molecular complexity index is 906. The molecule has 2 aromatic rings. The second-order valence-corrected chi connectivity index (χ2v) is 8.62. The molecule has 0 heterocycles. The average Bonchev–Trinajstić information content (AvgIpc) is 2.75. The van der Waals surface area contributed by atoms with Crippen molar-refractivity contribution in [1.82, 2.24) is 10.2 Å². The second-order valence-electron chi connectivity index (χ2n) is 8.24. The Balaban J connectivity index is 2.21. The van der Waals surface area contributed by atoms with Gasteiger partial charge in [0, 0.05) is 18.1 Å². The molecule has 0 saturated carbocycles. The molecule has 0 aliphatic heterocycles. The summed E-state index contributed by atoms with van der Waals surface area (Å²) in [7, 11) is 0. The summed E-state index contributed by atoms with van der Waals surface area (Å²) in [4.78, 5) is 27.8. The third kappa shape index (κ3) is 7.27. The summed E-state index contributed by atoms with van der Waals surface area (Å²) in [6.07, 6.45) is 2.43. The summed E-state index contributed by atoms with van der Waals surface area (Å²) in [5.41, 5.74) is 3.88. The zero-order valence-electron chi connectivity index (χ0n) is 19.8. The number of halogens is 1. The SMILES string of the molecule is CCCCNC(=O)[C@@H](CC)N(Cc1cccc(C)c1)C(=O)COc1cc(C)c(Cl)c(C)c1. The van der Waals surface area contributed by atoms with Crippen LogP contribution in [0.2, 0.25) is 5.02 Å². The van der Waals surface area contributed by atoms with Crippen LogP contribution in [0.15, 0.2) is 36.4 Å². The van der Waals surface area contributed by atoms with E-state index in [2.05, 4.69) is 12.2 Å². The van der Waals surface area contributed by atoms with E-state index in [0.717, 1.165) is 35.1 Å². The number of benzene rings is 2. The van der Waals surface area contributed by atoms with Gasteiger partial charge in [0.1, 0.15) is 11.8 Å². The van der Waals surface area contributed by atoms with Crippen molar-refractivity contribution in [2.45, 2.75) is 66.5 Å². The fourth-order valence-electron chi connectivity index (χ4n) is 3.65. The maximum absolute atomic E-state index is 13.3. The average molecular weight is 459 g/mol. The molecule has 1 atom stereocenters. The van der Waals surface area contributed by atoms with E-state index in [1.165, 1.54) is 0 Å². The number of ether oxygens (including phenoxy) is 1. The lowest BCUT2D eigenvalue weighted by atomic mass is 10.1. The standard InChI is InChI=1S/C26H35ClN2O3/c1-6-8-12-28-26(31)23(7-2)29(16-21-11-9-10-18(3)13-21)24(30)17-32-22-14-19(4)25(27)20(5)15-22/h9-11,13-15,23H,6-8,12,16-17H2,1-5H3,(H,28,31)/t23-/m1/s1. The zero-order chi connectivity index (χ0) is 23.7. The Morgan fingerprint density at radius 3 is 2.38 bits per heavy atom. The quantitative estimate of drug-likeness (QED) is 0.460. The lowest BCUT2D eigenvalue weighted by Crippen LogP contribution is -2.50. The van der Waals surface area contributed by atoms with Crippen molar-refractivity contribution < 1.29 is 14.3 Å².